The van der Waals surface area contributed by atoms with E-state index in [1.807, 2.05) is 6.07 Å². The lowest BCUT2D eigenvalue weighted by molar-refractivity contribution is 0.773. The average molecular weight is 176 g/mol. The lowest BCUT2D eigenvalue weighted by Crippen LogP contribution is -2.11. The zero-order valence-electron chi connectivity index (χ0n) is 7.63. The fourth-order valence-corrected chi connectivity index (χ4v) is 1.12. The van der Waals surface area contributed by atoms with E-state index in [9.17, 15) is 4.79 Å². The second-order valence-electron chi connectivity index (χ2n) is 2.94. The Balaban J connectivity index is 2.85. The Morgan fingerprint density at radius 2 is 2.31 bits per heavy atom. The van der Waals surface area contributed by atoms with E-state index in [1.165, 1.54) is 0 Å². The van der Waals surface area contributed by atoms with Gasteiger partial charge in [0.2, 0.25) is 0 Å². The Kier molecular flexibility index (Phi) is 3.27. The fourth-order valence-electron chi connectivity index (χ4n) is 1.12. The first-order valence-electron chi connectivity index (χ1n) is 4.40. The van der Waals surface area contributed by atoms with Gasteiger partial charge in [0.25, 0.3) is 5.56 Å². The highest BCUT2D eigenvalue weighted by Crippen LogP contribution is 2.00. The highest BCUT2D eigenvalue weighted by Gasteiger charge is 1.98. The molecule has 13 heavy (non-hydrogen) atoms. The third-order valence-electron chi connectivity index (χ3n) is 1.89. The fraction of sp³-hybridized carbons (Fsp3) is 0.400. The van der Waals surface area contributed by atoms with E-state index in [1.54, 1.807) is 12.1 Å². The monoisotopic (exact) mass is 176 g/mol. The lowest BCUT2D eigenvalue weighted by atomic mass is 10.2. The van der Waals surface area contributed by atoms with E-state index in [0.29, 0.717) is 0 Å². The van der Waals surface area contributed by atoms with Crippen LogP contribution >= 0.6 is 0 Å². The molecule has 3 heteroatoms. The molecule has 1 aromatic rings. The van der Waals surface area contributed by atoms with Crippen molar-refractivity contribution in [3.63, 3.8) is 0 Å². The summed E-state index contributed by atoms with van der Waals surface area (Å²) >= 11 is 0. The van der Waals surface area contributed by atoms with Gasteiger partial charge in [-0.2, -0.15) is 5.26 Å². The number of nitrogens with one attached hydrogen (secondary N) is 1. The van der Waals surface area contributed by atoms with Crippen LogP contribution in [0.4, 0.5) is 0 Å². The van der Waals surface area contributed by atoms with Crippen molar-refractivity contribution < 1.29 is 0 Å². The molecule has 1 rings (SSSR count). The van der Waals surface area contributed by atoms with Gasteiger partial charge in [-0.15, -0.1) is 0 Å². The summed E-state index contributed by atoms with van der Waals surface area (Å²) in [6, 6.07) is 5.21. The second-order valence-corrected chi connectivity index (χ2v) is 2.94. The molecule has 0 unspecified atom stereocenters. The maximum Gasteiger partial charge on any atom is 0.266 e. The standard InChI is InChI=1S/C10H12N2O/c1-2-3-4-9-6-5-8(7-11)10(13)12-9/h5-6H,2-4H2,1H3,(H,12,13). The maximum atomic E-state index is 11.2. The van der Waals surface area contributed by atoms with E-state index in [2.05, 4.69) is 11.9 Å². The van der Waals surface area contributed by atoms with Crippen LogP contribution in [0.2, 0.25) is 0 Å². The third-order valence-corrected chi connectivity index (χ3v) is 1.89. The van der Waals surface area contributed by atoms with E-state index in [4.69, 9.17) is 5.26 Å². The number of rotatable bonds is 3. The molecule has 68 valence electrons. The Hall–Kier alpha value is -1.56. The molecular weight excluding hydrogens is 164 g/mol. The number of aromatic nitrogens is 1. The minimum atomic E-state index is -0.281. The first kappa shape index (κ1) is 9.53. The topological polar surface area (TPSA) is 56.6 Å². The summed E-state index contributed by atoms with van der Waals surface area (Å²) in [5, 5.41) is 8.52. The van der Waals surface area contributed by atoms with Gasteiger partial charge in [0.15, 0.2) is 0 Å². The molecule has 0 aliphatic rings. The molecule has 0 spiro atoms. The van der Waals surface area contributed by atoms with Gasteiger partial charge in [-0.3, -0.25) is 4.79 Å². The predicted octanol–water partition coefficient (Wildman–Crippen LogP) is 1.59. The number of hydrogen-bond donors (Lipinski definition) is 1. The SMILES string of the molecule is CCCCc1ccc(C#N)c(=O)[nH]1. The smallest absolute Gasteiger partial charge is 0.266 e. The number of hydrogen-bond acceptors (Lipinski definition) is 2. The van der Waals surface area contributed by atoms with Crippen molar-refractivity contribution in [1.29, 1.82) is 5.26 Å². The molecule has 0 aliphatic heterocycles. The van der Waals surface area contributed by atoms with Gasteiger partial charge in [0, 0.05) is 5.69 Å². The van der Waals surface area contributed by atoms with Crippen LogP contribution in [0.15, 0.2) is 16.9 Å². The Bertz CT molecular complexity index is 373. The molecule has 0 fully saturated rings. The van der Waals surface area contributed by atoms with Crippen LogP contribution in [0.5, 0.6) is 0 Å². The third kappa shape index (κ3) is 2.45. The number of nitrogens with zero attached hydrogens (tertiary/aromatic N) is 1. The van der Waals surface area contributed by atoms with Crippen molar-refractivity contribution in [3.8, 4) is 6.07 Å². The number of aryl methyl sites for hydroxylation is 1. The largest absolute Gasteiger partial charge is 0.325 e. The first-order chi connectivity index (χ1) is 6.27. The predicted molar refractivity (Wildman–Crippen MR) is 50.4 cm³/mol. The summed E-state index contributed by atoms with van der Waals surface area (Å²) < 4.78 is 0. The lowest BCUT2D eigenvalue weighted by Gasteiger charge is -1.98. The Labute approximate surface area is 77.0 Å². The molecule has 0 amide bonds. The van der Waals surface area contributed by atoms with Crippen molar-refractivity contribution in [3.05, 3.63) is 33.7 Å². The van der Waals surface area contributed by atoms with Crippen LogP contribution in [-0.4, -0.2) is 4.98 Å². The van der Waals surface area contributed by atoms with Crippen LogP contribution in [-0.2, 0) is 6.42 Å². The van der Waals surface area contributed by atoms with E-state index < -0.39 is 0 Å². The molecule has 0 bridgehead atoms. The molecule has 0 radical (unpaired) electrons. The van der Waals surface area contributed by atoms with Gasteiger partial charge in [-0.25, -0.2) is 0 Å². The van der Waals surface area contributed by atoms with Gasteiger partial charge in [-0.1, -0.05) is 13.3 Å². The van der Waals surface area contributed by atoms with Crippen LogP contribution in [0, 0.1) is 11.3 Å². The minimum Gasteiger partial charge on any atom is -0.325 e. The number of unbranched alkanes of at least 4 members (excludes halogenated alkanes) is 1. The number of aromatic amines is 1. The zero-order chi connectivity index (χ0) is 9.68. The van der Waals surface area contributed by atoms with Crippen molar-refractivity contribution in [2.24, 2.45) is 0 Å². The van der Waals surface area contributed by atoms with Gasteiger partial charge in [-0.05, 0) is 25.0 Å². The molecule has 0 saturated heterocycles. The Morgan fingerprint density at radius 1 is 1.54 bits per heavy atom. The maximum absolute atomic E-state index is 11.2. The summed E-state index contributed by atoms with van der Waals surface area (Å²) in [6.45, 7) is 2.10. The van der Waals surface area contributed by atoms with E-state index in [-0.39, 0.29) is 11.1 Å². The number of nitriles is 1. The van der Waals surface area contributed by atoms with Crippen molar-refractivity contribution in [2.75, 3.05) is 0 Å². The van der Waals surface area contributed by atoms with Crippen LogP contribution < -0.4 is 5.56 Å². The molecule has 0 saturated carbocycles. The van der Waals surface area contributed by atoms with Crippen molar-refractivity contribution in [1.82, 2.24) is 4.98 Å². The number of H-pyrrole nitrogens is 1. The van der Waals surface area contributed by atoms with Crippen molar-refractivity contribution >= 4 is 0 Å². The quantitative estimate of drug-likeness (QED) is 0.760. The molecule has 1 aromatic heterocycles. The Morgan fingerprint density at radius 3 is 2.85 bits per heavy atom. The summed E-state index contributed by atoms with van der Waals surface area (Å²) in [5.41, 5.74) is 0.808. The summed E-state index contributed by atoms with van der Waals surface area (Å²) in [4.78, 5) is 13.8. The number of pyridine rings is 1. The molecule has 1 heterocycles. The second kappa shape index (κ2) is 4.46. The van der Waals surface area contributed by atoms with Crippen LogP contribution in [0.25, 0.3) is 0 Å². The van der Waals surface area contributed by atoms with Crippen LogP contribution in [0.3, 0.4) is 0 Å². The average Bonchev–Trinajstić information content (AvgIpc) is 2.15. The van der Waals surface area contributed by atoms with E-state index in [0.717, 1.165) is 25.0 Å². The van der Waals surface area contributed by atoms with Gasteiger partial charge < -0.3 is 4.98 Å². The van der Waals surface area contributed by atoms with Crippen molar-refractivity contribution in [2.45, 2.75) is 26.2 Å². The molecule has 3 nitrogen and oxygen atoms in total. The van der Waals surface area contributed by atoms with Gasteiger partial charge in [0.05, 0.1) is 0 Å². The zero-order valence-corrected chi connectivity index (χ0v) is 7.63. The van der Waals surface area contributed by atoms with Gasteiger partial charge >= 0.3 is 0 Å². The van der Waals surface area contributed by atoms with Gasteiger partial charge in [0.1, 0.15) is 11.6 Å². The molecular formula is C10H12N2O. The summed E-state index contributed by atoms with van der Waals surface area (Å²) in [7, 11) is 0. The molecule has 0 atom stereocenters. The highest BCUT2D eigenvalue weighted by atomic mass is 16.1. The first-order valence-corrected chi connectivity index (χ1v) is 4.40. The summed E-state index contributed by atoms with van der Waals surface area (Å²) in [6.07, 6.45) is 3.03. The summed E-state index contributed by atoms with van der Waals surface area (Å²) in [5.74, 6) is 0. The normalized spacial score (nSPS) is 9.54. The highest BCUT2D eigenvalue weighted by molar-refractivity contribution is 5.26. The molecule has 0 aromatic carbocycles. The minimum absolute atomic E-state index is 0.181. The molecule has 1 N–H and O–H groups in total. The van der Waals surface area contributed by atoms with E-state index >= 15 is 0 Å². The van der Waals surface area contributed by atoms with Crippen LogP contribution in [0.1, 0.15) is 31.0 Å². The molecule has 0 aliphatic carbocycles.